The third kappa shape index (κ3) is 2.01. The molecule has 2 heterocycles. The summed E-state index contributed by atoms with van der Waals surface area (Å²) in [4.78, 5) is 35.4. The Balaban J connectivity index is 2.65. The summed E-state index contributed by atoms with van der Waals surface area (Å²) in [7, 11) is 1.34. The quantitative estimate of drug-likeness (QED) is 0.463. The Morgan fingerprint density at radius 3 is 2.41 bits per heavy atom. The lowest BCUT2D eigenvalue weighted by Gasteiger charge is -2.09. The Morgan fingerprint density at radius 1 is 1.29 bits per heavy atom. The first-order valence-corrected chi connectivity index (χ1v) is 5.19. The van der Waals surface area contributed by atoms with Gasteiger partial charge in [0.2, 0.25) is 0 Å². The van der Waals surface area contributed by atoms with E-state index < -0.39 is 17.1 Å². The molecule has 1 aliphatic heterocycles. The van der Waals surface area contributed by atoms with Crippen molar-refractivity contribution in [2.24, 2.45) is 7.05 Å². The fourth-order valence-electron chi connectivity index (χ4n) is 1.57. The molecular weight excluding hydrogens is 226 g/mol. The molecule has 0 aliphatic carbocycles. The minimum absolute atomic E-state index is 0.0807. The zero-order valence-electron chi connectivity index (χ0n) is 9.46. The molecule has 7 heteroatoms. The normalized spacial score (nSPS) is 18.1. The summed E-state index contributed by atoms with van der Waals surface area (Å²) in [5.41, 5.74) is -1.86. The highest BCUT2D eigenvalue weighted by Crippen LogP contribution is 2.08. The van der Waals surface area contributed by atoms with Crippen LogP contribution in [0, 0.1) is 0 Å². The summed E-state index contributed by atoms with van der Waals surface area (Å²) in [5, 5.41) is 0. The maximum absolute atomic E-state index is 11.9. The van der Waals surface area contributed by atoms with Crippen molar-refractivity contribution in [2.45, 2.75) is 19.2 Å². The summed E-state index contributed by atoms with van der Waals surface area (Å²) in [6.07, 6.45) is 1.33. The maximum Gasteiger partial charge on any atom is 0.336 e. The molecular formula is C10H13N3O4. The van der Waals surface area contributed by atoms with Gasteiger partial charge in [-0.15, -0.1) is 6.58 Å². The molecule has 1 aromatic heterocycles. The molecule has 17 heavy (non-hydrogen) atoms. The van der Waals surface area contributed by atoms with Gasteiger partial charge in [-0.1, -0.05) is 6.08 Å². The van der Waals surface area contributed by atoms with E-state index in [1.165, 1.54) is 13.1 Å². The van der Waals surface area contributed by atoms with E-state index in [0.29, 0.717) is 6.61 Å². The molecule has 1 atom stereocenters. The van der Waals surface area contributed by atoms with Crippen LogP contribution in [0.3, 0.4) is 0 Å². The van der Waals surface area contributed by atoms with E-state index in [4.69, 9.17) is 4.74 Å². The topological polar surface area (TPSA) is 78.5 Å². The molecule has 1 aliphatic rings. The monoisotopic (exact) mass is 239 g/mol. The Bertz CT molecular complexity index is 618. The van der Waals surface area contributed by atoms with Crippen molar-refractivity contribution in [1.82, 2.24) is 13.7 Å². The van der Waals surface area contributed by atoms with Crippen molar-refractivity contribution in [3.63, 3.8) is 0 Å². The lowest BCUT2D eigenvalue weighted by molar-refractivity contribution is 0.364. The summed E-state index contributed by atoms with van der Waals surface area (Å²) >= 11 is 0. The molecule has 2 rings (SSSR count). The van der Waals surface area contributed by atoms with Gasteiger partial charge in [-0.05, 0) is 0 Å². The van der Waals surface area contributed by atoms with E-state index in [2.05, 4.69) is 6.58 Å². The van der Waals surface area contributed by atoms with Crippen LogP contribution in [0.15, 0.2) is 27.0 Å². The van der Waals surface area contributed by atoms with Gasteiger partial charge in [-0.3, -0.25) is 0 Å². The maximum atomic E-state index is 11.9. The van der Waals surface area contributed by atoms with Crippen molar-refractivity contribution in [3.8, 4) is 0 Å². The molecule has 0 radical (unpaired) electrons. The molecule has 1 saturated heterocycles. The van der Waals surface area contributed by atoms with Crippen LogP contribution in [0.2, 0.25) is 0 Å². The molecule has 0 bridgehead atoms. The van der Waals surface area contributed by atoms with Crippen molar-refractivity contribution >= 4 is 0 Å². The molecule has 0 amide bonds. The van der Waals surface area contributed by atoms with Crippen LogP contribution in [-0.4, -0.2) is 26.4 Å². The van der Waals surface area contributed by atoms with Crippen molar-refractivity contribution < 1.29 is 4.74 Å². The number of epoxide rings is 1. The molecule has 7 nitrogen and oxygen atoms in total. The van der Waals surface area contributed by atoms with Crippen molar-refractivity contribution in [1.29, 1.82) is 0 Å². The zero-order valence-corrected chi connectivity index (χ0v) is 9.46. The average Bonchev–Trinajstić information content (AvgIpc) is 3.12. The van der Waals surface area contributed by atoms with Crippen molar-refractivity contribution in [3.05, 3.63) is 44.1 Å². The zero-order chi connectivity index (χ0) is 12.6. The summed E-state index contributed by atoms with van der Waals surface area (Å²) in [6.45, 7) is 4.28. The van der Waals surface area contributed by atoms with Gasteiger partial charge in [0.15, 0.2) is 0 Å². The van der Waals surface area contributed by atoms with Crippen molar-refractivity contribution in [2.75, 3.05) is 6.61 Å². The first-order chi connectivity index (χ1) is 8.06. The molecule has 1 aromatic rings. The second kappa shape index (κ2) is 4.17. The lowest BCUT2D eigenvalue weighted by Crippen LogP contribution is -2.54. The summed E-state index contributed by atoms with van der Waals surface area (Å²) < 4.78 is 7.87. The predicted octanol–water partition coefficient (Wildman–Crippen LogP) is -1.71. The highest BCUT2D eigenvalue weighted by Gasteiger charge is 2.25. The Kier molecular flexibility index (Phi) is 2.84. The van der Waals surface area contributed by atoms with Crippen LogP contribution in [-0.2, 0) is 24.9 Å². The third-order valence-electron chi connectivity index (χ3n) is 2.60. The van der Waals surface area contributed by atoms with E-state index in [1.54, 1.807) is 0 Å². The van der Waals surface area contributed by atoms with Gasteiger partial charge < -0.3 is 4.74 Å². The molecule has 0 spiro atoms. The predicted molar refractivity (Wildman–Crippen MR) is 60.1 cm³/mol. The highest BCUT2D eigenvalue weighted by atomic mass is 16.6. The van der Waals surface area contributed by atoms with E-state index >= 15 is 0 Å². The fraction of sp³-hybridized carbons (Fsp3) is 0.500. The number of hydrogen-bond donors (Lipinski definition) is 0. The minimum Gasteiger partial charge on any atom is -0.371 e. The second-order valence-corrected chi connectivity index (χ2v) is 3.87. The highest BCUT2D eigenvalue weighted by molar-refractivity contribution is 4.83. The van der Waals surface area contributed by atoms with Crippen LogP contribution in [0.4, 0.5) is 0 Å². The SMILES string of the molecule is C=CCn1c(=O)n(C)c(=O)n(CC2CO2)c1=O. The number of rotatable bonds is 4. The van der Waals surface area contributed by atoms with Crippen LogP contribution >= 0.6 is 0 Å². The first kappa shape index (κ1) is 11.6. The second-order valence-electron chi connectivity index (χ2n) is 3.87. The standard InChI is InChI=1S/C10H13N3O4/c1-3-4-12-8(14)11(2)9(15)13(10(12)16)5-7-6-17-7/h3,7H,1,4-6H2,2H3. The van der Waals surface area contributed by atoms with Gasteiger partial charge in [0, 0.05) is 7.05 Å². The molecule has 1 unspecified atom stereocenters. The number of hydrogen-bond acceptors (Lipinski definition) is 4. The molecule has 0 N–H and O–H groups in total. The first-order valence-electron chi connectivity index (χ1n) is 5.19. The van der Waals surface area contributed by atoms with Gasteiger partial charge in [0.1, 0.15) is 0 Å². The van der Waals surface area contributed by atoms with E-state index in [0.717, 1.165) is 13.7 Å². The number of nitrogens with zero attached hydrogens (tertiary/aromatic N) is 3. The molecule has 1 fully saturated rings. The number of ether oxygens (including phenoxy) is 1. The average molecular weight is 239 g/mol. The van der Waals surface area contributed by atoms with Crippen LogP contribution < -0.4 is 17.1 Å². The van der Waals surface area contributed by atoms with E-state index in [-0.39, 0.29) is 19.2 Å². The van der Waals surface area contributed by atoms with Gasteiger partial charge in [0.05, 0.1) is 25.8 Å². The molecule has 92 valence electrons. The van der Waals surface area contributed by atoms with Gasteiger partial charge in [-0.25, -0.2) is 28.1 Å². The van der Waals surface area contributed by atoms with Gasteiger partial charge in [0.25, 0.3) is 0 Å². The van der Waals surface area contributed by atoms with Crippen LogP contribution in [0.5, 0.6) is 0 Å². The van der Waals surface area contributed by atoms with Gasteiger partial charge >= 0.3 is 17.1 Å². The van der Waals surface area contributed by atoms with E-state index in [1.807, 2.05) is 0 Å². The van der Waals surface area contributed by atoms with Crippen LogP contribution in [0.1, 0.15) is 0 Å². The molecule has 0 saturated carbocycles. The third-order valence-corrected chi connectivity index (χ3v) is 2.60. The summed E-state index contributed by atoms with van der Waals surface area (Å²) in [6, 6.07) is 0. The number of allylic oxidation sites excluding steroid dienone is 1. The Hall–Kier alpha value is -1.89. The fourth-order valence-corrected chi connectivity index (χ4v) is 1.57. The summed E-state index contributed by atoms with van der Waals surface area (Å²) in [5.74, 6) is 0. The largest absolute Gasteiger partial charge is 0.371 e. The van der Waals surface area contributed by atoms with Gasteiger partial charge in [-0.2, -0.15) is 0 Å². The van der Waals surface area contributed by atoms with E-state index in [9.17, 15) is 14.4 Å². The minimum atomic E-state index is -0.632. The number of aromatic nitrogens is 3. The molecule has 0 aromatic carbocycles. The smallest absolute Gasteiger partial charge is 0.336 e. The lowest BCUT2D eigenvalue weighted by atomic mass is 10.5. The Labute approximate surface area is 96.2 Å². The Morgan fingerprint density at radius 2 is 1.88 bits per heavy atom. The van der Waals surface area contributed by atoms with Crippen LogP contribution in [0.25, 0.3) is 0 Å².